The van der Waals surface area contributed by atoms with E-state index in [4.69, 9.17) is 4.98 Å². The number of hydrogen-bond acceptors (Lipinski definition) is 4. The molecule has 0 aliphatic carbocycles. The van der Waals surface area contributed by atoms with Gasteiger partial charge in [-0.2, -0.15) is 0 Å². The number of nitrogens with zero attached hydrogens (tertiary/aromatic N) is 1. The highest BCUT2D eigenvalue weighted by Crippen LogP contribution is 2.31. The van der Waals surface area contributed by atoms with Gasteiger partial charge in [0.15, 0.2) is 0 Å². The lowest BCUT2D eigenvalue weighted by molar-refractivity contribution is 0.154. The van der Waals surface area contributed by atoms with E-state index < -0.39 is 0 Å². The number of hydrogen-bond donors (Lipinski definition) is 2. The summed E-state index contributed by atoms with van der Waals surface area (Å²) in [6.07, 6.45) is 0.933. The molecule has 0 unspecified atom stereocenters. The smallest absolute Gasteiger partial charge is 0.124 e. The largest absolute Gasteiger partial charge is 0.396 e. The molecule has 2 aromatic carbocycles. The SMILES string of the molecule is Cc1ccc2nc(-c3ccc(NCCC(C)(C)CO)cc3)sc2c1. The summed E-state index contributed by atoms with van der Waals surface area (Å²) in [5.74, 6) is 0. The van der Waals surface area contributed by atoms with Crippen molar-refractivity contribution in [3.05, 3.63) is 48.0 Å². The van der Waals surface area contributed by atoms with Crippen molar-refractivity contribution < 1.29 is 5.11 Å². The second kappa shape index (κ2) is 6.91. The van der Waals surface area contributed by atoms with Crippen LogP contribution in [0.25, 0.3) is 20.8 Å². The molecule has 0 amide bonds. The molecule has 0 aliphatic heterocycles. The molecule has 0 bridgehead atoms. The van der Waals surface area contributed by atoms with Crippen LogP contribution < -0.4 is 5.32 Å². The Bertz CT molecular complexity index is 821. The predicted molar refractivity (Wildman–Crippen MR) is 104 cm³/mol. The molecule has 126 valence electrons. The van der Waals surface area contributed by atoms with Crippen LogP contribution in [0.2, 0.25) is 0 Å². The number of aliphatic hydroxyl groups is 1. The van der Waals surface area contributed by atoms with Crippen LogP contribution in [0.3, 0.4) is 0 Å². The zero-order chi connectivity index (χ0) is 17.2. The van der Waals surface area contributed by atoms with Gasteiger partial charge in [-0.3, -0.25) is 0 Å². The van der Waals surface area contributed by atoms with E-state index in [-0.39, 0.29) is 12.0 Å². The first kappa shape index (κ1) is 16.9. The van der Waals surface area contributed by atoms with Crippen LogP contribution in [0.4, 0.5) is 5.69 Å². The minimum atomic E-state index is -0.0356. The normalized spacial score (nSPS) is 11.8. The standard InChI is InChI=1S/C20H24N2OS/c1-14-4-9-17-18(12-14)24-19(22-17)15-5-7-16(8-6-15)21-11-10-20(2,3)13-23/h4-9,12,21,23H,10-11,13H2,1-3H3. The maximum Gasteiger partial charge on any atom is 0.124 e. The Morgan fingerprint density at radius 1 is 1.12 bits per heavy atom. The molecule has 0 atom stereocenters. The number of fused-ring (bicyclic) bond motifs is 1. The van der Waals surface area contributed by atoms with E-state index in [1.54, 1.807) is 11.3 Å². The first-order valence-corrected chi connectivity index (χ1v) is 9.11. The number of aliphatic hydroxyl groups excluding tert-OH is 1. The van der Waals surface area contributed by atoms with Crippen LogP contribution in [-0.4, -0.2) is 23.2 Å². The van der Waals surface area contributed by atoms with Crippen molar-refractivity contribution in [2.24, 2.45) is 5.41 Å². The average Bonchev–Trinajstić information content (AvgIpc) is 2.98. The molecule has 0 aliphatic rings. The van der Waals surface area contributed by atoms with E-state index in [0.717, 1.165) is 34.7 Å². The minimum absolute atomic E-state index is 0.0356. The third-order valence-electron chi connectivity index (χ3n) is 4.23. The van der Waals surface area contributed by atoms with Gasteiger partial charge in [0.25, 0.3) is 0 Å². The Morgan fingerprint density at radius 2 is 1.88 bits per heavy atom. The molecule has 24 heavy (non-hydrogen) atoms. The number of aromatic nitrogens is 1. The van der Waals surface area contributed by atoms with Gasteiger partial charge < -0.3 is 10.4 Å². The molecular weight excluding hydrogens is 316 g/mol. The van der Waals surface area contributed by atoms with Crippen LogP contribution in [0.1, 0.15) is 25.8 Å². The maximum atomic E-state index is 9.30. The van der Waals surface area contributed by atoms with Crippen LogP contribution in [0.5, 0.6) is 0 Å². The fourth-order valence-electron chi connectivity index (χ4n) is 2.51. The summed E-state index contributed by atoms with van der Waals surface area (Å²) in [7, 11) is 0. The molecule has 3 aromatic rings. The molecule has 0 radical (unpaired) electrons. The van der Waals surface area contributed by atoms with Crippen molar-refractivity contribution in [2.75, 3.05) is 18.5 Å². The molecule has 1 heterocycles. The minimum Gasteiger partial charge on any atom is -0.396 e. The lowest BCUT2D eigenvalue weighted by Crippen LogP contribution is -2.20. The second-order valence-corrected chi connectivity index (χ2v) is 8.10. The molecule has 3 rings (SSSR count). The molecular formula is C20H24N2OS. The average molecular weight is 340 g/mol. The fraction of sp³-hybridized carbons (Fsp3) is 0.350. The Hall–Kier alpha value is -1.91. The van der Waals surface area contributed by atoms with Crippen LogP contribution in [-0.2, 0) is 0 Å². The van der Waals surface area contributed by atoms with E-state index in [0.29, 0.717) is 0 Å². The second-order valence-electron chi connectivity index (χ2n) is 7.07. The summed E-state index contributed by atoms with van der Waals surface area (Å²) in [6.45, 7) is 7.33. The first-order valence-electron chi connectivity index (χ1n) is 8.29. The van der Waals surface area contributed by atoms with Gasteiger partial charge in [0.05, 0.1) is 10.2 Å². The summed E-state index contributed by atoms with van der Waals surface area (Å²) >= 11 is 1.74. The Labute approximate surface area is 147 Å². The van der Waals surface area contributed by atoms with E-state index in [9.17, 15) is 5.11 Å². The van der Waals surface area contributed by atoms with Crippen molar-refractivity contribution in [3.63, 3.8) is 0 Å². The van der Waals surface area contributed by atoms with Gasteiger partial charge in [-0.25, -0.2) is 4.98 Å². The summed E-state index contributed by atoms with van der Waals surface area (Å²) in [5, 5.41) is 13.8. The van der Waals surface area contributed by atoms with E-state index in [1.807, 2.05) is 0 Å². The van der Waals surface area contributed by atoms with Gasteiger partial charge in [-0.15, -0.1) is 11.3 Å². The molecule has 4 heteroatoms. The molecule has 1 aromatic heterocycles. The van der Waals surface area contributed by atoms with Crippen LogP contribution in [0, 0.1) is 12.3 Å². The predicted octanol–water partition coefficient (Wildman–Crippen LogP) is 5.09. The van der Waals surface area contributed by atoms with E-state index >= 15 is 0 Å². The van der Waals surface area contributed by atoms with Crippen LogP contribution >= 0.6 is 11.3 Å². The van der Waals surface area contributed by atoms with Gasteiger partial charge in [-0.1, -0.05) is 19.9 Å². The summed E-state index contributed by atoms with van der Waals surface area (Å²) < 4.78 is 1.23. The molecule has 0 spiro atoms. The summed E-state index contributed by atoms with van der Waals surface area (Å²) in [4.78, 5) is 4.73. The molecule has 0 saturated heterocycles. The van der Waals surface area contributed by atoms with Gasteiger partial charge in [-0.05, 0) is 60.7 Å². The third-order valence-corrected chi connectivity index (χ3v) is 5.30. The fourth-order valence-corrected chi connectivity index (χ4v) is 3.58. The molecule has 0 saturated carbocycles. The Kier molecular flexibility index (Phi) is 4.88. The van der Waals surface area contributed by atoms with Crippen molar-refractivity contribution in [2.45, 2.75) is 27.2 Å². The highest BCUT2D eigenvalue weighted by molar-refractivity contribution is 7.21. The highest BCUT2D eigenvalue weighted by atomic mass is 32.1. The van der Waals surface area contributed by atoms with Crippen molar-refractivity contribution in [1.29, 1.82) is 0 Å². The number of benzene rings is 2. The highest BCUT2D eigenvalue weighted by Gasteiger charge is 2.15. The van der Waals surface area contributed by atoms with E-state index in [1.165, 1.54) is 10.3 Å². The quantitative estimate of drug-likeness (QED) is 0.657. The number of rotatable bonds is 6. The lowest BCUT2D eigenvalue weighted by atomic mass is 9.91. The number of thiazole rings is 1. The topological polar surface area (TPSA) is 45.2 Å². The zero-order valence-electron chi connectivity index (χ0n) is 14.5. The van der Waals surface area contributed by atoms with Gasteiger partial charge in [0, 0.05) is 24.4 Å². The van der Waals surface area contributed by atoms with Crippen LogP contribution in [0.15, 0.2) is 42.5 Å². The third kappa shape index (κ3) is 3.94. The summed E-state index contributed by atoms with van der Waals surface area (Å²) in [5.41, 5.74) is 4.54. The number of aryl methyl sites for hydroxylation is 1. The lowest BCUT2D eigenvalue weighted by Gasteiger charge is -2.21. The Morgan fingerprint density at radius 3 is 2.58 bits per heavy atom. The summed E-state index contributed by atoms with van der Waals surface area (Å²) in [6, 6.07) is 14.8. The first-order chi connectivity index (χ1) is 11.5. The Balaban J connectivity index is 1.69. The van der Waals surface area contributed by atoms with Gasteiger partial charge in [0.1, 0.15) is 5.01 Å². The maximum absolute atomic E-state index is 9.30. The van der Waals surface area contributed by atoms with Crippen molar-refractivity contribution >= 4 is 27.2 Å². The number of anilines is 1. The number of nitrogens with one attached hydrogen (secondary N) is 1. The monoisotopic (exact) mass is 340 g/mol. The molecule has 0 fully saturated rings. The van der Waals surface area contributed by atoms with Crippen molar-refractivity contribution in [1.82, 2.24) is 4.98 Å². The molecule has 2 N–H and O–H groups in total. The van der Waals surface area contributed by atoms with Crippen molar-refractivity contribution in [3.8, 4) is 10.6 Å². The van der Waals surface area contributed by atoms with Gasteiger partial charge in [0.2, 0.25) is 0 Å². The zero-order valence-corrected chi connectivity index (χ0v) is 15.3. The van der Waals surface area contributed by atoms with E-state index in [2.05, 4.69) is 68.6 Å². The molecule has 3 nitrogen and oxygen atoms in total. The van der Waals surface area contributed by atoms with Gasteiger partial charge >= 0.3 is 0 Å².